The lowest BCUT2D eigenvalue weighted by Gasteiger charge is -2.12. The van der Waals surface area contributed by atoms with E-state index in [-0.39, 0.29) is 11.2 Å². The molecule has 1 aromatic carbocycles. The summed E-state index contributed by atoms with van der Waals surface area (Å²) in [5, 5.41) is 8.56. The fourth-order valence-electron chi connectivity index (χ4n) is 2.49. The van der Waals surface area contributed by atoms with Gasteiger partial charge in [0.1, 0.15) is 11.5 Å². The Labute approximate surface area is 156 Å². The first kappa shape index (κ1) is 18.0. The van der Waals surface area contributed by atoms with Crippen molar-refractivity contribution in [1.82, 2.24) is 4.90 Å². The molecule has 1 aromatic heterocycles. The molecule has 1 unspecified atom stereocenters. The molecular weight excluding hydrogens is 350 g/mol. The van der Waals surface area contributed by atoms with E-state index in [4.69, 9.17) is 9.15 Å². The van der Waals surface area contributed by atoms with E-state index in [2.05, 4.69) is 16.8 Å². The maximum atomic E-state index is 12.7. The molecular formula is C19H19N3O3S. The molecule has 0 spiro atoms. The fourth-order valence-corrected chi connectivity index (χ4v) is 3.63. The number of ether oxygens (including phenoxy) is 1. The average molecular weight is 369 g/mol. The number of nitrogens with zero attached hydrogens (tertiary/aromatic N) is 3. The van der Waals surface area contributed by atoms with Gasteiger partial charge in [-0.2, -0.15) is 5.10 Å². The van der Waals surface area contributed by atoms with Crippen LogP contribution < -0.4 is 4.74 Å². The third-order valence-corrected chi connectivity index (χ3v) is 4.95. The number of rotatable bonds is 7. The largest absolute Gasteiger partial charge is 0.497 e. The molecule has 3 rings (SSSR count). The van der Waals surface area contributed by atoms with Gasteiger partial charge in [-0.3, -0.25) is 9.69 Å². The molecule has 1 saturated heterocycles. The van der Waals surface area contributed by atoms with Crippen LogP contribution in [0.15, 0.2) is 69.9 Å². The summed E-state index contributed by atoms with van der Waals surface area (Å²) in [6.45, 7) is 4.12. The number of carbonyl (C=O) groups is 1. The molecule has 7 heteroatoms. The number of hydrogen-bond acceptors (Lipinski definition) is 6. The lowest BCUT2D eigenvalue weighted by molar-refractivity contribution is -0.125. The summed E-state index contributed by atoms with van der Waals surface area (Å²) in [4.78, 5) is 14.3. The molecule has 0 N–H and O–H groups in total. The van der Waals surface area contributed by atoms with Gasteiger partial charge in [-0.15, -0.1) is 11.7 Å². The van der Waals surface area contributed by atoms with Gasteiger partial charge in [0.25, 0.3) is 0 Å². The number of hydrogen-bond donors (Lipinski definition) is 0. The molecule has 134 valence electrons. The quantitative estimate of drug-likeness (QED) is 0.426. The average Bonchev–Trinajstić information content (AvgIpc) is 3.27. The molecule has 0 bridgehead atoms. The van der Waals surface area contributed by atoms with Crippen LogP contribution in [0, 0.1) is 0 Å². The van der Waals surface area contributed by atoms with E-state index in [0.717, 1.165) is 11.3 Å². The summed E-state index contributed by atoms with van der Waals surface area (Å²) in [5.41, 5.74) is 1.07. The molecule has 2 aromatic rings. The van der Waals surface area contributed by atoms with Gasteiger partial charge in [0, 0.05) is 6.54 Å². The van der Waals surface area contributed by atoms with Crippen LogP contribution in [0.2, 0.25) is 0 Å². The van der Waals surface area contributed by atoms with Crippen LogP contribution in [-0.4, -0.2) is 41.1 Å². The van der Waals surface area contributed by atoms with Gasteiger partial charge < -0.3 is 9.15 Å². The van der Waals surface area contributed by atoms with E-state index in [0.29, 0.717) is 23.9 Å². The first-order valence-corrected chi connectivity index (χ1v) is 8.95. The monoisotopic (exact) mass is 369 g/mol. The van der Waals surface area contributed by atoms with Gasteiger partial charge in [-0.1, -0.05) is 30.0 Å². The first-order chi connectivity index (χ1) is 12.7. The third-order valence-electron chi connectivity index (χ3n) is 3.78. The lowest BCUT2D eigenvalue weighted by atomic mass is 10.1. The van der Waals surface area contributed by atoms with Crippen LogP contribution in [-0.2, 0) is 11.2 Å². The van der Waals surface area contributed by atoms with Gasteiger partial charge >= 0.3 is 0 Å². The molecule has 1 aliphatic heterocycles. The Balaban J connectivity index is 1.73. The van der Waals surface area contributed by atoms with Gasteiger partial charge in [0.05, 0.1) is 24.8 Å². The van der Waals surface area contributed by atoms with Gasteiger partial charge in [-0.25, -0.2) is 0 Å². The summed E-state index contributed by atoms with van der Waals surface area (Å²) in [7, 11) is 1.63. The van der Waals surface area contributed by atoms with Crippen molar-refractivity contribution in [1.29, 1.82) is 0 Å². The van der Waals surface area contributed by atoms with E-state index in [1.807, 2.05) is 24.3 Å². The molecule has 6 nitrogen and oxygen atoms in total. The maximum absolute atomic E-state index is 12.7. The van der Waals surface area contributed by atoms with Crippen molar-refractivity contribution >= 4 is 29.1 Å². The van der Waals surface area contributed by atoms with Gasteiger partial charge in [0.15, 0.2) is 5.17 Å². The Morgan fingerprint density at radius 2 is 2.15 bits per heavy atom. The van der Waals surface area contributed by atoms with Crippen LogP contribution in [0.1, 0.15) is 11.3 Å². The molecule has 0 radical (unpaired) electrons. The van der Waals surface area contributed by atoms with Crippen molar-refractivity contribution in [3.63, 3.8) is 0 Å². The predicted octanol–water partition coefficient (Wildman–Crippen LogP) is 3.35. The van der Waals surface area contributed by atoms with E-state index in [1.54, 1.807) is 36.5 Å². The van der Waals surface area contributed by atoms with Crippen LogP contribution in [0.4, 0.5) is 0 Å². The molecule has 1 aliphatic rings. The molecule has 0 saturated carbocycles. The van der Waals surface area contributed by atoms with E-state index in [1.165, 1.54) is 18.0 Å². The Bertz CT molecular complexity index is 813. The molecule has 0 aliphatic carbocycles. The normalized spacial score (nSPS) is 18.8. The second-order valence-corrected chi connectivity index (χ2v) is 6.71. The highest BCUT2D eigenvalue weighted by Gasteiger charge is 2.37. The predicted molar refractivity (Wildman–Crippen MR) is 104 cm³/mol. The Morgan fingerprint density at radius 1 is 1.35 bits per heavy atom. The summed E-state index contributed by atoms with van der Waals surface area (Å²) in [6, 6.07) is 11.3. The summed E-state index contributed by atoms with van der Waals surface area (Å²) < 4.78 is 10.3. The van der Waals surface area contributed by atoms with Crippen molar-refractivity contribution in [3.05, 3.63) is 66.6 Å². The minimum atomic E-state index is -0.235. The van der Waals surface area contributed by atoms with E-state index < -0.39 is 0 Å². The number of amides is 1. The highest BCUT2D eigenvalue weighted by molar-refractivity contribution is 8.15. The maximum Gasteiger partial charge on any atom is 0.242 e. The minimum Gasteiger partial charge on any atom is -0.497 e. The van der Waals surface area contributed by atoms with Crippen molar-refractivity contribution < 1.29 is 13.9 Å². The van der Waals surface area contributed by atoms with Crippen LogP contribution in [0.3, 0.4) is 0 Å². The number of methoxy groups -OCH3 is 1. The van der Waals surface area contributed by atoms with E-state index in [9.17, 15) is 4.79 Å². The number of benzene rings is 1. The van der Waals surface area contributed by atoms with Crippen molar-refractivity contribution in [3.8, 4) is 5.75 Å². The molecule has 1 amide bonds. The van der Waals surface area contributed by atoms with Crippen LogP contribution in [0.25, 0.3) is 0 Å². The second kappa shape index (κ2) is 8.53. The summed E-state index contributed by atoms with van der Waals surface area (Å²) >= 11 is 1.41. The molecule has 2 heterocycles. The lowest BCUT2D eigenvalue weighted by Crippen LogP contribution is -2.32. The molecule has 1 fully saturated rings. The zero-order valence-electron chi connectivity index (χ0n) is 14.4. The molecule has 1 atom stereocenters. The highest BCUT2D eigenvalue weighted by Crippen LogP contribution is 2.30. The van der Waals surface area contributed by atoms with Gasteiger partial charge in [-0.05, 0) is 36.2 Å². The zero-order chi connectivity index (χ0) is 18.4. The van der Waals surface area contributed by atoms with Gasteiger partial charge in [0.2, 0.25) is 5.91 Å². The highest BCUT2D eigenvalue weighted by atomic mass is 32.2. The Hall–Kier alpha value is -2.80. The number of furan rings is 1. The summed E-state index contributed by atoms with van der Waals surface area (Å²) in [5.74, 6) is 1.41. The topological polar surface area (TPSA) is 67.4 Å². The number of carbonyl (C=O) groups excluding carboxylic acids is 1. The number of thioether (sulfide) groups is 1. The first-order valence-electron chi connectivity index (χ1n) is 8.07. The standard InChI is InChI=1S/C19H19N3O3S/c1-3-10-22-18(23)17(12-14-6-8-15(24-2)9-7-14)26-19(22)21-20-13-16-5-4-11-25-16/h3-9,11,13,17H,1,10,12H2,2H3/b20-13-,21-19-. The second-order valence-electron chi connectivity index (χ2n) is 5.54. The van der Waals surface area contributed by atoms with E-state index >= 15 is 0 Å². The number of amidine groups is 1. The smallest absolute Gasteiger partial charge is 0.242 e. The summed E-state index contributed by atoms with van der Waals surface area (Å²) in [6.07, 6.45) is 5.38. The zero-order valence-corrected chi connectivity index (χ0v) is 15.2. The SMILES string of the molecule is C=CCN1C(=O)C(Cc2ccc(OC)cc2)S/C1=N\N=C/c1ccco1. The Kier molecular flexibility index (Phi) is 5.91. The molecule has 26 heavy (non-hydrogen) atoms. The van der Waals surface area contributed by atoms with Crippen molar-refractivity contribution in [2.24, 2.45) is 10.2 Å². The third kappa shape index (κ3) is 4.23. The van der Waals surface area contributed by atoms with Crippen LogP contribution >= 0.6 is 11.8 Å². The minimum absolute atomic E-state index is 0.0117. The van der Waals surface area contributed by atoms with Crippen molar-refractivity contribution in [2.75, 3.05) is 13.7 Å². The fraction of sp³-hybridized carbons (Fsp3) is 0.211. The Morgan fingerprint density at radius 3 is 2.81 bits per heavy atom. The van der Waals surface area contributed by atoms with Crippen LogP contribution in [0.5, 0.6) is 5.75 Å². The van der Waals surface area contributed by atoms with Crippen molar-refractivity contribution in [2.45, 2.75) is 11.7 Å².